The average molecular weight is 243 g/mol. The first kappa shape index (κ1) is 13.5. The molecule has 6 heteroatoms. The van der Waals surface area contributed by atoms with Gasteiger partial charge in [0.25, 0.3) is 0 Å². The summed E-state index contributed by atoms with van der Waals surface area (Å²) in [7, 11) is 0. The molecular formula is C11H17NO5. The maximum Gasteiger partial charge on any atom is 0.418 e. The number of carbonyl (C=O) groups is 3. The lowest BCUT2D eigenvalue weighted by Gasteiger charge is -2.31. The molecule has 6 nitrogen and oxygen atoms in total. The molecule has 1 rings (SSSR count). The lowest BCUT2D eigenvalue weighted by molar-refractivity contribution is -0.152. The minimum atomic E-state index is -1.50. The van der Waals surface area contributed by atoms with Crippen LogP contribution < -0.4 is 0 Å². The number of hydrogen-bond acceptors (Lipinski definition) is 4. The van der Waals surface area contributed by atoms with Crippen molar-refractivity contribution in [1.29, 1.82) is 0 Å². The number of imide groups is 1. The van der Waals surface area contributed by atoms with Gasteiger partial charge in [-0.2, -0.15) is 0 Å². The summed E-state index contributed by atoms with van der Waals surface area (Å²) in [5.74, 6) is -1.71. The monoisotopic (exact) mass is 243 g/mol. The Labute approximate surface area is 99.5 Å². The predicted molar refractivity (Wildman–Crippen MR) is 58.4 cm³/mol. The predicted octanol–water partition coefficient (Wildman–Crippen LogP) is 1.39. The highest BCUT2D eigenvalue weighted by Gasteiger charge is 2.52. The van der Waals surface area contributed by atoms with E-state index in [0.717, 1.165) is 0 Å². The zero-order chi connectivity index (χ0) is 13.4. The fourth-order valence-electron chi connectivity index (χ4n) is 1.66. The van der Waals surface area contributed by atoms with Crippen LogP contribution in [0.4, 0.5) is 4.79 Å². The third-order valence-electron chi connectivity index (χ3n) is 2.61. The van der Waals surface area contributed by atoms with E-state index in [2.05, 4.69) is 0 Å². The molecule has 1 saturated heterocycles. The number of hydrogen-bond donors (Lipinski definition) is 1. The van der Waals surface area contributed by atoms with Crippen LogP contribution in [-0.4, -0.2) is 39.1 Å². The first-order chi connectivity index (χ1) is 7.58. The average Bonchev–Trinajstić information content (AvgIpc) is 2.40. The molecule has 0 aromatic rings. The zero-order valence-corrected chi connectivity index (χ0v) is 10.4. The first-order valence-corrected chi connectivity index (χ1v) is 5.37. The van der Waals surface area contributed by atoms with E-state index in [4.69, 9.17) is 9.84 Å². The van der Waals surface area contributed by atoms with Crippen LogP contribution >= 0.6 is 0 Å². The molecule has 0 saturated carbocycles. The van der Waals surface area contributed by atoms with Crippen molar-refractivity contribution < 1.29 is 24.2 Å². The summed E-state index contributed by atoms with van der Waals surface area (Å²) in [6.07, 6.45) is -0.743. The maximum atomic E-state index is 11.8. The van der Waals surface area contributed by atoms with Crippen molar-refractivity contribution in [2.45, 2.75) is 51.7 Å². The third-order valence-corrected chi connectivity index (χ3v) is 2.61. The SMILES string of the molecule is CC(C)(C)OC(=O)N1C(=O)CC[C@@]1(C)C(=O)O. The maximum absolute atomic E-state index is 11.8. The lowest BCUT2D eigenvalue weighted by Crippen LogP contribution is -2.53. The van der Waals surface area contributed by atoms with Gasteiger partial charge >= 0.3 is 12.1 Å². The summed E-state index contributed by atoms with van der Waals surface area (Å²) in [6, 6.07) is 0. The van der Waals surface area contributed by atoms with E-state index in [1.165, 1.54) is 6.92 Å². The van der Waals surface area contributed by atoms with Gasteiger partial charge in [-0.15, -0.1) is 0 Å². The normalized spacial score (nSPS) is 24.9. The number of rotatable bonds is 1. The molecule has 0 aromatic carbocycles. The Kier molecular flexibility index (Phi) is 3.18. The van der Waals surface area contributed by atoms with Crippen LogP contribution in [0.5, 0.6) is 0 Å². The second kappa shape index (κ2) is 4.01. The summed E-state index contributed by atoms with van der Waals surface area (Å²) < 4.78 is 5.04. The van der Waals surface area contributed by atoms with Crippen molar-refractivity contribution in [2.24, 2.45) is 0 Å². The molecule has 1 aliphatic heterocycles. The summed E-state index contributed by atoms with van der Waals surface area (Å²) in [5, 5.41) is 9.11. The molecule has 0 aliphatic carbocycles. The number of nitrogens with zero attached hydrogens (tertiary/aromatic N) is 1. The number of ether oxygens (including phenoxy) is 1. The van der Waals surface area contributed by atoms with Crippen LogP contribution in [0.15, 0.2) is 0 Å². The van der Waals surface area contributed by atoms with Crippen LogP contribution in [-0.2, 0) is 14.3 Å². The van der Waals surface area contributed by atoms with E-state index in [1.54, 1.807) is 20.8 Å². The van der Waals surface area contributed by atoms with Gasteiger partial charge in [0.05, 0.1) is 0 Å². The van der Waals surface area contributed by atoms with E-state index in [9.17, 15) is 14.4 Å². The molecule has 0 aromatic heterocycles. The highest BCUT2D eigenvalue weighted by Crippen LogP contribution is 2.31. The summed E-state index contributed by atoms with van der Waals surface area (Å²) in [5.41, 5.74) is -2.27. The molecule has 1 atom stereocenters. The van der Waals surface area contributed by atoms with Gasteiger partial charge in [0.15, 0.2) is 0 Å². The summed E-state index contributed by atoms with van der Waals surface area (Å²) in [4.78, 5) is 35.3. The van der Waals surface area contributed by atoms with Crippen molar-refractivity contribution >= 4 is 18.0 Å². The van der Waals surface area contributed by atoms with Gasteiger partial charge < -0.3 is 9.84 Å². The Morgan fingerprint density at radius 1 is 1.41 bits per heavy atom. The smallest absolute Gasteiger partial charge is 0.418 e. The number of carbonyl (C=O) groups excluding carboxylic acids is 2. The van der Waals surface area contributed by atoms with Crippen LogP contribution in [0.1, 0.15) is 40.5 Å². The Bertz CT molecular complexity index is 371. The molecular weight excluding hydrogens is 226 g/mol. The number of aliphatic carboxylic acids is 1. The molecule has 17 heavy (non-hydrogen) atoms. The number of carboxylic acid groups (broad SMARTS) is 1. The van der Waals surface area contributed by atoms with Crippen LogP contribution in [0.3, 0.4) is 0 Å². The van der Waals surface area contributed by atoms with Crippen molar-refractivity contribution in [1.82, 2.24) is 4.90 Å². The van der Waals surface area contributed by atoms with Gasteiger partial charge in [-0.05, 0) is 34.1 Å². The zero-order valence-electron chi connectivity index (χ0n) is 10.4. The van der Waals surface area contributed by atoms with E-state index in [-0.39, 0.29) is 12.8 Å². The van der Waals surface area contributed by atoms with Gasteiger partial charge in [0.2, 0.25) is 5.91 Å². The molecule has 2 amide bonds. The number of carboxylic acids is 1. The van der Waals surface area contributed by atoms with Crippen LogP contribution in [0.2, 0.25) is 0 Å². The fraction of sp³-hybridized carbons (Fsp3) is 0.727. The lowest BCUT2D eigenvalue weighted by atomic mass is 10.00. The highest BCUT2D eigenvalue weighted by molar-refractivity contribution is 6.01. The molecule has 1 fully saturated rings. The number of likely N-dealkylation sites (tertiary alicyclic amines) is 1. The van der Waals surface area contributed by atoms with Gasteiger partial charge in [0, 0.05) is 6.42 Å². The minimum Gasteiger partial charge on any atom is -0.479 e. The molecule has 1 aliphatic rings. The second-order valence-electron chi connectivity index (χ2n) is 5.29. The molecule has 1 N–H and O–H groups in total. The van der Waals surface area contributed by atoms with Crippen molar-refractivity contribution in [3.63, 3.8) is 0 Å². The molecule has 96 valence electrons. The third kappa shape index (κ3) is 2.57. The standard InChI is InChI=1S/C11H17NO5/c1-10(2,3)17-9(16)12-7(13)5-6-11(12,4)8(14)15/h5-6H2,1-4H3,(H,14,15)/t11-/m0/s1. The largest absolute Gasteiger partial charge is 0.479 e. The van der Waals surface area contributed by atoms with E-state index < -0.39 is 29.1 Å². The minimum absolute atomic E-state index is 0.0437. The van der Waals surface area contributed by atoms with Crippen molar-refractivity contribution in [3.05, 3.63) is 0 Å². The van der Waals surface area contributed by atoms with Crippen LogP contribution in [0, 0.1) is 0 Å². The second-order valence-corrected chi connectivity index (χ2v) is 5.29. The van der Waals surface area contributed by atoms with E-state index in [1.807, 2.05) is 0 Å². The number of amides is 2. The Balaban J connectivity index is 2.97. The molecule has 0 radical (unpaired) electrons. The van der Waals surface area contributed by atoms with E-state index in [0.29, 0.717) is 4.90 Å². The fourth-order valence-corrected chi connectivity index (χ4v) is 1.66. The highest BCUT2D eigenvalue weighted by atomic mass is 16.6. The van der Waals surface area contributed by atoms with Gasteiger partial charge in [-0.25, -0.2) is 14.5 Å². The van der Waals surface area contributed by atoms with Crippen molar-refractivity contribution in [3.8, 4) is 0 Å². The topological polar surface area (TPSA) is 83.9 Å². The molecule has 0 bridgehead atoms. The van der Waals surface area contributed by atoms with E-state index >= 15 is 0 Å². The summed E-state index contributed by atoms with van der Waals surface area (Å²) >= 11 is 0. The Morgan fingerprint density at radius 3 is 2.35 bits per heavy atom. The van der Waals surface area contributed by atoms with Gasteiger partial charge in [-0.1, -0.05) is 0 Å². The Morgan fingerprint density at radius 2 is 1.94 bits per heavy atom. The quantitative estimate of drug-likeness (QED) is 0.752. The van der Waals surface area contributed by atoms with Gasteiger partial charge in [0.1, 0.15) is 11.1 Å². The molecule has 0 spiro atoms. The molecule has 0 unspecified atom stereocenters. The first-order valence-electron chi connectivity index (χ1n) is 5.37. The van der Waals surface area contributed by atoms with Crippen molar-refractivity contribution in [2.75, 3.05) is 0 Å². The Hall–Kier alpha value is -1.59. The van der Waals surface area contributed by atoms with Crippen LogP contribution in [0.25, 0.3) is 0 Å². The molecule has 1 heterocycles. The van der Waals surface area contributed by atoms with Gasteiger partial charge in [-0.3, -0.25) is 4.79 Å². The summed E-state index contributed by atoms with van der Waals surface area (Å²) in [6.45, 7) is 6.32.